The monoisotopic (exact) mass is 170 g/mol. The quantitative estimate of drug-likeness (QED) is 0.585. The van der Waals surface area contributed by atoms with Crippen molar-refractivity contribution < 1.29 is 10.2 Å². The largest absolute Gasteiger partial charge is 0.393 e. The Morgan fingerprint density at radius 3 is 2.50 bits per heavy atom. The summed E-state index contributed by atoms with van der Waals surface area (Å²) in [6, 6.07) is 0. The molecule has 0 aliphatic heterocycles. The molecule has 12 heavy (non-hydrogen) atoms. The van der Waals surface area contributed by atoms with Crippen molar-refractivity contribution in [2.75, 3.05) is 0 Å². The normalized spacial score (nSPS) is 31.6. The Balaban J connectivity index is 2.71. The van der Waals surface area contributed by atoms with Crippen LogP contribution in [0.2, 0.25) is 0 Å². The van der Waals surface area contributed by atoms with Gasteiger partial charge in [-0.2, -0.15) is 0 Å². The van der Waals surface area contributed by atoms with E-state index in [1.54, 1.807) is 13.8 Å². The maximum Gasteiger partial charge on any atom is 0.0801 e. The Hall–Kier alpha value is -0.340. The second kappa shape index (κ2) is 3.19. The first-order valence-electron chi connectivity index (χ1n) is 4.51. The highest BCUT2D eigenvalue weighted by molar-refractivity contribution is 5.17. The van der Waals surface area contributed by atoms with Crippen molar-refractivity contribution in [3.05, 3.63) is 11.6 Å². The molecule has 0 aromatic carbocycles. The fourth-order valence-corrected chi connectivity index (χ4v) is 1.49. The molecule has 0 radical (unpaired) electrons. The molecule has 0 aromatic rings. The molecule has 1 rings (SSSR count). The fraction of sp³-hybridized carbons (Fsp3) is 0.800. The zero-order valence-electron chi connectivity index (χ0n) is 8.04. The van der Waals surface area contributed by atoms with E-state index in [1.807, 2.05) is 6.92 Å². The van der Waals surface area contributed by atoms with Gasteiger partial charge in [-0.1, -0.05) is 13.0 Å². The van der Waals surface area contributed by atoms with E-state index >= 15 is 0 Å². The van der Waals surface area contributed by atoms with Crippen LogP contribution < -0.4 is 0 Å². The van der Waals surface area contributed by atoms with Gasteiger partial charge in [0.2, 0.25) is 0 Å². The van der Waals surface area contributed by atoms with Gasteiger partial charge in [0, 0.05) is 0 Å². The van der Waals surface area contributed by atoms with Crippen LogP contribution in [0.4, 0.5) is 0 Å². The zero-order valence-corrected chi connectivity index (χ0v) is 8.04. The Morgan fingerprint density at radius 1 is 1.50 bits per heavy atom. The first-order valence-corrected chi connectivity index (χ1v) is 4.51. The van der Waals surface area contributed by atoms with Crippen molar-refractivity contribution in [2.24, 2.45) is 5.92 Å². The maximum atomic E-state index is 9.67. The van der Waals surface area contributed by atoms with Gasteiger partial charge in [-0.15, -0.1) is 0 Å². The summed E-state index contributed by atoms with van der Waals surface area (Å²) in [5.41, 5.74) is 0.203. The van der Waals surface area contributed by atoms with Crippen molar-refractivity contribution in [3.8, 4) is 0 Å². The van der Waals surface area contributed by atoms with E-state index in [2.05, 4.69) is 6.08 Å². The van der Waals surface area contributed by atoms with Crippen molar-refractivity contribution in [3.63, 3.8) is 0 Å². The average Bonchev–Trinajstić information content (AvgIpc) is 1.92. The highest BCUT2D eigenvalue weighted by Crippen LogP contribution is 2.29. The fourth-order valence-electron chi connectivity index (χ4n) is 1.49. The van der Waals surface area contributed by atoms with Gasteiger partial charge in [-0.3, -0.25) is 0 Å². The maximum absolute atomic E-state index is 9.67. The van der Waals surface area contributed by atoms with E-state index in [-0.39, 0.29) is 6.10 Å². The molecule has 0 unspecified atom stereocenters. The molecule has 1 aliphatic rings. The highest BCUT2D eigenvalue weighted by atomic mass is 16.3. The van der Waals surface area contributed by atoms with Crippen LogP contribution in [0.1, 0.15) is 33.6 Å². The highest BCUT2D eigenvalue weighted by Gasteiger charge is 2.27. The molecule has 2 N–H and O–H groups in total. The molecule has 70 valence electrons. The van der Waals surface area contributed by atoms with Crippen LogP contribution in [0.5, 0.6) is 0 Å². The van der Waals surface area contributed by atoms with Crippen molar-refractivity contribution in [2.45, 2.75) is 45.3 Å². The molecule has 1 aliphatic carbocycles. The van der Waals surface area contributed by atoms with Crippen LogP contribution in [0.25, 0.3) is 0 Å². The van der Waals surface area contributed by atoms with Gasteiger partial charge in [0.15, 0.2) is 0 Å². The van der Waals surface area contributed by atoms with Gasteiger partial charge in [0.05, 0.1) is 11.7 Å². The van der Waals surface area contributed by atoms with Crippen LogP contribution in [0, 0.1) is 5.92 Å². The first-order chi connectivity index (χ1) is 5.41. The van der Waals surface area contributed by atoms with Crippen LogP contribution in [0.15, 0.2) is 11.6 Å². The van der Waals surface area contributed by atoms with E-state index in [0.29, 0.717) is 12.3 Å². The Labute approximate surface area is 73.9 Å². The zero-order chi connectivity index (χ0) is 9.35. The number of hydrogen-bond donors (Lipinski definition) is 2. The molecule has 0 bridgehead atoms. The predicted octanol–water partition coefficient (Wildman–Crippen LogP) is 1.47. The van der Waals surface area contributed by atoms with Crippen LogP contribution in [0.3, 0.4) is 0 Å². The summed E-state index contributed by atoms with van der Waals surface area (Å²) in [6.07, 6.45) is 3.26. The van der Waals surface area contributed by atoms with E-state index in [1.165, 1.54) is 0 Å². The molecule has 2 nitrogen and oxygen atoms in total. The van der Waals surface area contributed by atoms with Gasteiger partial charge >= 0.3 is 0 Å². The lowest BCUT2D eigenvalue weighted by atomic mass is 9.82. The average molecular weight is 170 g/mol. The van der Waals surface area contributed by atoms with E-state index in [9.17, 15) is 10.2 Å². The minimum Gasteiger partial charge on any atom is -0.393 e. The van der Waals surface area contributed by atoms with Crippen molar-refractivity contribution in [1.82, 2.24) is 0 Å². The van der Waals surface area contributed by atoms with Gasteiger partial charge in [-0.05, 0) is 38.2 Å². The summed E-state index contributed by atoms with van der Waals surface area (Å²) in [6.45, 7) is 5.56. The molecule has 0 saturated carbocycles. The first kappa shape index (κ1) is 9.75. The molecule has 0 heterocycles. The van der Waals surface area contributed by atoms with Gasteiger partial charge in [-0.25, -0.2) is 0 Å². The van der Waals surface area contributed by atoms with Gasteiger partial charge in [0.25, 0.3) is 0 Å². The summed E-state index contributed by atoms with van der Waals surface area (Å²) < 4.78 is 0. The molecule has 0 saturated heterocycles. The third kappa shape index (κ3) is 2.08. The molecule has 0 aromatic heterocycles. The minimum atomic E-state index is -0.763. The third-order valence-corrected chi connectivity index (χ3v) is 2.61. The van der Waals surface area contributed by atoms with Gasteiger partial charge < -0.3 is 10.2 Å². The Morgan fingerprint density at radius 2 is 2.08 bits per heavy atom. The predicted molar refractivity (Wildman–Crippen MR) is 48.8 cm³/mol. The van der Waals surface area contributed by atoms with Crippen molar-refractivity contribution in [1.29, 1.82) is 0 Å². The number of aliphatic hydroxyl groups excluding tert-OH is 1. The van der Waals surface area contributed by atoms with Gasteiger partial charge in [0.1, 0.15) is 0 Å². The SMILES string of the molecule is C[C@H]1CC=C(C(C)(C)O)C[C@@H]1O. The molecule has 2 heteroatoms. The van der Waals surface area contributed by atoms with Crippen LogP contribution in [-0.2, 0) is 0 Å². The lowest BCUT2D eigenvalue weighted by Crippen LogP contribution is -2.30. The molecule has 2 atom stereocenters. The number of aliphatic hydroxyl groups is 2. The molecular weight excluding hydrogens is 152 g/mol. The minimum absolute atomic E-state index is 0.281. The number of allylic oxidation sites excluding steroid dienone is 1. The Kier molecular flexibility index (Phi) is 2.59. The van der Waals surface area contributed by atoms with Crippen molar-refractivity contribution >= 4 is 0 Å². The Bertz CT molecular complexity index is 189. The second-order valence-electron chi connectivity index (χ2n) is 4.27. The molecule has 0 spiro atoms. The topological polar surface area (TPSA) is 40.5 Å². The van der Waals surface area contributed by atoms with E-state index in [0.717, 1.165) is 12.0 Å². The standard InChI is InChI=1S/C10H18O2/c1-7-4-5-8(6-9(7)11)10(2,3)12/h5,7,9,11-12H,4,6H2,1-3H3/t7-,9-/m0/s1. The van der Waals surface area contributed by atoms with Crippen LogP contribution in [-0.4, -0.2) is 21.9 Å². The van der Waals surface area contributed by atoms with E-state index < -0.39 is 5.60 Å². The number of hydrogen-bond acceptors (Lipinski definition) is 2. The summed E-state index contributed by atoms with van der Waals surface area (Å²) in [5, 5.41) is 19.2. The smallest absolute Gasteiger partial charge is 0.0801 e. The lowest BCUT2D eigenvalue weighted by molar-refractivity contribution is 0.0709. The molecular formula is C10H18O2. The summed E-state index contributed by atoms with van der Waals surface area (Å²) in [5.74, 6) is 0.330. The lowest BCUT2D eigenvalue weighted by Gasteiger charge is -2.30. The second-order valence-corrected chi connectivity index (χ2v) is 4.27. The number of rotatable bonds is 1. The summed E-state index contributed by atoms with van der Waals surface area (Å²) >= 11 is 0. The van der Waals surface area contributed by atoms with E-state index in [4.69, 9.17) is 0 Å². The molecule has 0 fully saturated rings. The summed E-state index contributed by atoms with van der Waals surface area (Å²) in [4.78, 5) is 0. The molecule has 0 amide bonds. The van der Waals surface area contributed by atoms with Crippen LogP contribution >= 0.6 is 0 Å². The third-order valence-electron chi connectivity index (χ3n) is 2.61. The summed E-state index contributed by atoms with van der Waals surface area (Å²) in [7, 11) is 0.